The second-order valence-electron chi connectivity index (χ2n) is 6.08. The Labute approximate surface area is 114 Å². The van der Waals surface area contributed by atoms with Crippen LogP contribution in [0.3, 0.4) is 0 Å². The van der Waals surface area contributed by atoms with Gasteiger partial charge >= 0.3 is 0 Å². The van der Waals surface area contributed by atoms with Gasteiger partial charge in [-0.3, -0.25) is 0 Å². The van der Waals surface area contributed by atoms with Crippen LogP contribution < -0.4 is 9.47 Å². The molecule has 1 N–H and O–H groups in total. The maximum absolute atomic E-state index is 10.6. The topological polar surface area (TPSA) is 38.7 Å². The summed E-state index contributed by atoms with van der Waals surface area (Å²) < 4.78 is 11.8. The Morgan fingerprint density at radius 1 is 0.947 bits per heavy atom. The minimum absolute atomic E-state index is 0.745. The number of aliphatic hydroxyl groups is 1. The van der Waals surface area contributed by atoms with Crippen molar-refractivity contribution < 1.29 is 14.6 Å². The van der Waals surface area contributed by atoms with Gasteiger partial charge in [-0.05, 0) is 52.0 Å². The van der Waals surface area contributed by atoms with E-state index in [1.54, 1.807) is 0 Å². The average Bonchev–Trinajstić information content (AvgIpc) is 2.38. The Bertz CT molecular complexity index is 475. The van der Waals surface area contributed by atoms with Crippen LogP contribution in [0.5, 0.6) is 11.5 Å². The molecule has 1 aromatic rings. The second kappa shape index (κ2) is 4.41. The van der Waals surface area contributed by atoms with Crippen LogP contribution in [0.15, 0.2) is 0 Å². The molecule has 1 aromatic carbocycles. The molecular formula is C16H22O3. The minimum Gasteiger partial charge on any atom is -0.493 e. The molecule has 3 rings (SSSR count). The van der Waals surface area contributed by atoms with Gasteiger partial charge in [-0.2, -0.15) is 0 Å². The van der Waals surface area contributed by atoms with Gasteiger partial charge in [-0.1, -0.05) is 0 Å². The molecule has 2 aliphatic rings. The highest BCUT2D eigenvalue weighted by molar-refractivity contribution is 5.61. The first-order chi connectivity index (χ1) is 9.00. The third-order valence-corrected chi connectivity index (χ3v) is 4.12. The number of benzene rings is 1. The summed E-state index contributed by atoms with van der Waals surface area (Å²) in [6.45, 7) is 7.31. The van der Waals surface area contributed by atoms with E-state index in [1.807, 2.05) is 13.8 Å². The lowest BCUT2D eigenvalue weighted by molar-refractivity contribution is 0.0716. The van der Waals surface area contributed by atoms with Gasteiger partial charge in [-0.15, -0.1) is 0 Å². The van der Waals surface area contributed by atoms with Gasteiger partial charge in [0.1, 0.15) is 11.5 Å². The largest absolute Gasteiger partial charge is 0.493 e. The lowest BCUT2D eigenvalue weighted by Crippen LogP contribution is -2.26. The predicted octanol–water partition coefficient (Wildman–Crippen LogP) is 2.87. The molecule has 3 nitrogen and oxygen atoms in total. The van der Waals surface area contributed by atoms with E-state index in [0.717, 1.165) is 61.5 Å². The maximum atomic E-state index is 10.6. The fraction of sp³-hybridized carbons (Fsp3) is 0.625. The van der Waals surface area contributed by atoms with Crippen molar-refractivity contribution in [2.45, 2.75) is 52.1 Å². The summed E-state index contributed by atoms with van der Waals surface area (Å²) in [5.41, 5.74) is 3.64. The van der Waals surface area contributed by atoms with Gasteiger partial charge in [0.05, 0.1) is 18.8 Å². The molecule has 0 bridgehead atoms. The van der Waals surface area contributed by atoms with E-state index in [0.29, 0.717) is 0 Å². The van der Waals surface area contributed by atoms with Crippen molar-refractivity contribution in [2.24, 2.45) is 0 Å². The highest BCUT2D eigenvalue weighted by Gasteiger charge is 2.33. The Morgan fingerprint density at radius 2 is 1.53 bits per heavy atom. The summed E-state index contributed by atoms with van der Waals surface area (Å²) in [5, 5.41) is 10.6. The third kappa shape index (κ3) is 2.00. The third-order valence-electron chi connectivity index (χ3n) is 4.12. The van der Waals surface area contributed by atoms with Crippen LogP contribution in [0, 0.1) is 6.92 Å². The van der Waals surface area contributed by atoms with Gasteiger partial charge in [-0.25, -0.2) is 0 Å². The van der Waals surface area contributed by atoms with Crippen LogP contribution in [0.4, 0.5) is 0 Å². The number of hydrogen-bond donors (Lipinski definition) is 1. The Kier molecular flexibility index (Phi) is 2.97. The molecule has 0 amide bonds. The van der Waals surface area contributed by atoms with Gasteiger partial charge < -0.3 is 14.6 Å². The summed E-state index contributed by atoms with van der Waals surface area (Å²) >= 11 is 0. The van der Waals surface area contributed by atoms with Crippen molar-refractivity contribution in [3.8, 4) is 11.5 Å². The highest BCUT2D eigenvalue weighted by Crippen LogP contribution is 2.46. The molecule has 0 saturated carbocycles. The zero-order chi connectivity index (χ0) is 13.6. The van der Waals surface area contributed by atoms with Gasteiger partial charge in [0.2, 0.25) is 0 Å². The van der Waals surface area contributed by atoms with Crippen LogP contribution in [-0.4, -0.2) is 18.3 Å². The van der Waals surface area contributed by atoms with E-state index in [2.05, 4.69) is 6.92 Å². The Hall–Kier alpha value is -1.22. The fourth-order valence-corrected chi connectivity index (χ4v) is 3.32. The molecule has 0 fully saturated rings. The summed E-state index contributed by atoms with van der Waals surface area (Å²) in [7, 11) is 0. The van der Waals surface area contributed by atoms with Gasteiger partial charge in [0.15, 0.2) is 0 Å². The number of rotatable bonds is 1. The molecule has 0 radical (unpaired) electrons. The number of fused-ring (bicyclic) bond motifs is 2. The van der Waals surface area contributed by atoms with Crippen LogP contribution in [0.25, 0.3) is 0 Å². The molecule has 2 aliphatic heterocycles. The molecule has 0 unspecified atom stereocenters. The number of hydrogen-bond acceptors (Lipinski definition) is 3. The van der Waals surface area contributed by atoms with Gasteiger partial charge in [0.25, 0.3) is 0 Å². The fourth-order valence-electron chi connectivity index (χ4n) is 3.32. The molecule has 0 saturated heterocycles. The highest BCUT2D eigenvalue weighted by atomic mass is 16.5. The van der Waals surface area contributed by atoms with E-state index in [-0.39, 0.29) is 0 Å². The van der Waals surface area contributed by atoms with Crippen LogP contribution in [0.2, 0.25) is 0 Å². The Balaban J connectivity index is 2.31. The zero-order valence-corrected chi connectivity index (χ0v) is 12.0. The summed E-state index contributed by atoms with van der Waals surface area (Å²) in [6.07, 6.45) is 4.03. The molecule has 3 heteroatoms. The number of ether oxygens (including phenoxy) is 2. The van der Waals surface area contributed by atoms with E-state index in [9.17, 15) is 5.11 Å². The van der Waals surface area contributed by atoms with E-state index < -0.39 is 5.60 Å². The van der Waals surface area contributed by atoms with Crippen molar-refractivity contribution in [3.05, 3.63) is 22.3 Å². The smallest absolute Gasteiger partial charge is 0.129 e. The van der Waals surface area contributed by atoms with Gasteiger partial charge in [0, 0.05) is 16.7 Å². The first-order valence-corrected chi connectivity index (χ1v) is 7.17. The van der Waals surface area contributed by atoms with E-state index >= 15 is 0 Å². The maximum Gasteiger partial charge on any atom is 0.129 e. The molecule has 0 aliphatic carbocycles. The molecule has 0 aromatic heterocycles. The molecule has 2 heterocycles. The summed E-state index contributed by atoms with van der Waals surface area (Å²) in [4.78, 5) is 0. The minimum atomic E-state index is -0.889. The quantitative estimate of drug-likeness (QED) is 0.845. The predicted molar refractivity (Wildman–Crippen MR) is 74.1 cm³/mol. The van der Waals surface area contributed by atoms with Crippen LogP contribution >= 0.6 is 0 Å². The monoisotopic (exact) mass is 262 g/mol. The first kappa shape index (κ1) is 12.8. The standard InChI is InChI=1S/C16H22O3/c1-10-11-6-4-9-19-15(11)13(16(2,3)17)12-7-5-8-18-14(10)12/h17H,4-9H2,1-3H3. The van der Waals surface area contributed by atoms with Crippen molar-refractivity contribution >= 4 is 0 Å². The SMILES string of the molecule is Cc1c2c(c(C(C)(C)O)c3c1OCCC3)OCCC2. The Morgan fingerprint density at radius 3 is 2.16 bits per heavy atom. The lowest BCUT2D eigenvalue weighted by Gasteiger charge is -2.34. The van der Waals surface area contributed by atoms with Crippen molar-refractivity contribution in [3.63, 3.8) is 0 Å². The van der Waals surface area contributed by atoms with Crippen molar-refractivity contribution in [1.29, 1.82) is 0 Å². The normalized spacial score (nSPS) is 18.1. The van der Waals surface area contributed by atoms with E-state index in [4.69, 9.17) is 9.47 Å². The lowest BCUT2D eigenvalue weighted by atomic mass is 9.83. The van der Waals surface area contributed by atoms with E-state index in [1.165, 1.54) is 11.1 Å². The van der Waals surface area contributed by atoms with Crippen LogP contribution in [-0.2, 0) is 18.4 Å². The average molecular weight is 262 g/mol. The summed E-state index contributed by atoms with van der Waals surface area (Å²) in [5.74, 6) is 1.91. The van der Waals surface area contributed by atoms with Crippen molar-refractivity contribution in [1.82, 2.24) is 0 Å². The molecule has 0 atom stereocenters. The molecular weight excluding hydrogens is 240 g/mol. The summed E-state index contributed by atoms with van der Waals surface area (Å²) in [6, 6.07) is 0. The molecule has 19 heavy (non-hydrogen) atoms. The van der Waals surface area contributed by atoms with Crippen molar-refractivity contribution in [2.75, 3.05) is 13.2 Å². The second-order valence-corrected chi connectivity index (χ2v) is 6.08. The zero-order valence-electron chi connectivity index (χ0n) is 12.0. The van der Waals surface area contributed by atoms with Crippen LogP contribution in [0.1, 0.15) is 48.9 Å². The molecule has 104 valence electrons. The molecule has 0 spiro atoms. The first-order valence-electron chi connectivity index (χ1n) is 7.17.